The molecule has 0 radical (unpaired) electrons. The summed E-state index contributed by atoms with van der Waals surface area (Å²) >= 11 is 19.0. The van der Waals surface area contributed by atoms with Gasteiger partial charge < -0.3 is 20.1 Å². The van der Waals surface area contributed by atoms with Crippen molar-refractivity contribution in [3.05, 3.63) is 80.8 Å². The van der Waals surface area contributed by atoms with Crippen molar-refractivity contribution in [3.63, 3.8) is 0 Å². The molecule has 0 aliphatic rings. The zero-order chi connectivity index (χ0) is 24.7. The molecule has 0 aromatic heterocycles. The molecular weight excluding hydrogens is 495 g/mol. The molecule has 2 N–H and O–H groups in total. The number of carbonyl (C=O) groups is 1. The number of anilines is 2. The second-order valence-electron chi connectivity index (χ2n) is 7.89. The summed E-state index contributed by atoms with van der Waals surface area (Å²) in [6.45, 7) is 6.75. The minimum atomic E-state index is -0.0758. The molecule has 0 fully saturated rings. The molecule has 0 saturated carbocycles. The maximum absolute atomic E-state index is 11.8. The lowest BCUT2D eigenvalue weighted by atomic mass is 10.1. The topological polar surface area (TPSA) is 59.6 Å². The number of ether oxygens (including phenoxy) is 2. The average Bonchev–Trinajstić information content (AvgIpc) is 2.80. The van der Waals surface area contributed by atoms with Gasteiger partial charge in [0.2, 0.25) is 5.91 Å². The van der Waals surface area contributed by atoms with Gasteiger partial charge in [-0.15, -0.1) is 0 Å². The summed E-state index contributed by atoms with van der Waals surface area (Å²) in [6, 6.07) is 16.4. The average molecular weight is 522 g/mol. The van der Waals surface area contributed by atoms with E-state index in [2.05, 4.69) is 10.6 Å². The van der Waals surface area contributed by atoms with Crippen LogP contribution in [0.1, 0.15) is 31.9 Å². The molecule has 3 aromatic carbocycles. The SMILES string of the molecule is CCOc1cc(CNc2ccc(NC(=O)C(C)C)cc2)c(Cl)cc1OCc1c(Cl)cccc1Cl. The number of carbonyl (C=O) groups excluding carboxylic acids is 1. The molecular formula is C26H27Cl3N2O3. The third kappa shape index (κ3) is 6.95. The minimum Gasteiger partial charge on any atom is -0.490 e. The molecule has 180 valence electrons. The Morgan fingerprint density at radius 3 is 2.12 bits per heavy atom. The first-order chi connectivity index (χ1) is 16.3. The van der Waals surface area contributed by atoms with Gasteiger partial charge in [0.25, 0.3) is 0 Å². The van der Waals surface area contributed by atoms with Gasteiger partial charge in [-0.25, -0.2) is 0 Å². The van der Waals surface area contributed by atoms with E-state index in [9.17, 15) is 4.79 Å². The van der Waals surface area contributed by atoms with Gasteiger partial charge in [-0.3, -0.25) is 4.79 Å². The fraction of sp³-hybridized carbons (Fsp3) is 0.269. The smallest absolute Gasteiger partial charge is 0.226 e. The molecule has 0 bridgehead atoms. The van der Waals surface area contributed by atoms with E-state index in [0.717, 1.165) is 16.9 Å². The third-order valence-corrected chi connectivity index (χ3v) is 6.07. The van der Waals surface area contributed by atoms with Crippen molar-refractivity contribution in [2.24, 2.45) is 5.92 Å². The van der Waals surface area contributed by atoms with Crippen molar-refractivity contribution in [3.8, 4) is 11.5 Å². The number of halogens is 3. The largest absolute Gasteiger partial charge is 0.490 e. The van der Waals surface area contributed by atoms with Gasteiger partial charge in [0.15, 0.2) is 11.5 Å². The van der Waals surface area contributed by atoms with Crippen LogP contribution in [-0.4, -0.2) is 12.5 Å². The predicted molar refractivity (Wildman–Crippen MR) is 141 cm³/mol. The lowest BCUT2D eigenvalue weighted by molar-refractivity contribution is -0.118. The Labute approximate surface area is 215 Å². The Morgan fingerprint density at radius 1 is 0.882 bits per heavy atom. The molecule has 1 amide bonds. The molecule has 34 heavy (non-hydrogen) atoms. The van der Waals surface area contributed by atoms with Gasteiger partial charge in [-0.05, 0) is 55.0 Å². The van der Waals surface area contributed by atoms with Crippen LogP contribution in [-0.2, 0) is 17.9 Å². The zero-order valence-corrected chi connectivity index (χ0v) is 21.5. The van der Waals surface area contributed by atoms with E-state index in [1.807, 2.05) is 51.1 Å². The molecule has 0 unspecified atom stereocenters. The molecule has 0 aliphatic carbocycles. The third-order valence-electron chi connectivity index (χ3n) is 5.01. The van der Waals surface area contributed by atoms with Crippen LogP contribution >= 0.6 is 34.8 Å². The highest BCUT2D eigenvalue weighted by Crippen LogP contribution is 2.36. The Bertz CT molecular complexity index is 1110. The van der Waals surface area contributed by atoms with Crippen molar-refractivity contribution >= 4 is 52.1 Å². The first-order valence-electron chi connectivity index (χ1n) is 10.9. The standard InChI is InChI=1S/C26H27Cl3N2O3/c1-4-33-24-12-17(14-30-18-8-10-19(11-9-18)31-26(32)16(2)3)23(29)13-25(24)34-15-20-21(27)6-5-7-22(20)28/h5-13,16,30H,4,14-15H2,1-3H3,(H,31,32). The summed E-state index contributed by atoms with van der Waals surface area (Å²) in [7, 11) is 0. The lowest BCUT2D eigenvalue weighted by Gasteiger charge is -2.16. The van der Waals surface area contributed by atoms with Gasteiger partial charge in [-0.2, -0.15) is 0 Å². The molecule has 0 aliphatic heterocycles. The Morgan fingerprint density at radius 2 is 1.50 bits per heavy atom. The number of amides is 1. The van der Waals surface area contributed by atoms with E-state index in [0.29, 0.717) is 45.3 Å². The van der Waals surface area contributed by atoms with Gasteiger partial charge in [0.1, 0.15) is 6.61 Å². The van der Waals surface area contributed by atoms with Crippen molar-refractivity contribution in [1.82, 2.24) is 0 Å². The fourth-order valence-electron chi connectivity index (χ4n) is 3.07. The molecule has 5 nitrogen and oxygen atoms in total. The lowest BCUT2D eigenvalue weighted by Crippen LogP contribution is -2.17. The van der Waals surface area contributed by atoms with E-state index in [1.54, 1.807) is 24.3 Å². The molecule has 0 atom stereocenters. The molecule has 0 heterocycles. The summed E-state index contributed by atoms with van der Waals surface area (Å²) in [5.74, 6) is 0.999. The second kappa shape index (κ2) is 12.2. The number of nitrogens with one attached hydrogen (secondary N) is 2. The Hall–Kier alpha value is -2.60. The predicted octanol–water partition coefficient (Wildman–Crippen LogP) is 7.83. The summed E-state index contributed by atoms with van der Waals surface area (Å²) < 4.78 is 11.8. The number of hydrogen-bond donors (Lipinski definition) is 2. The quantitative estimate of drug-likeness (QED) is 0.285. The molecule has 8 heteroatoms. The van der Waals surface area contributed by atoms with Gasteiger partial charge >= 0.3 is 0 Å². The summed E-state index contributed by atoms with van der Waals surface area (Å²) in [5.41, 5.74) is 3.19. The van der Waals surface area contributed by atoms with Gasteiger partial charge in [0.05, 0.1) is 6.61 Å². The number of rotatable bonds is 10. The first kappa shape index (κ1) is 26.0. The van der Waals surface area contributed by atoms with E-state index in [4.69, 9.17) is 44.3 Å². The first-order valence-corrected chi connectivity index (χ1v) is 12.1. The van der Waals surface area contributed by atoms with Crippen LogP contribution in [0.2, 0.25) is 15.1 Å². The zero-order valence-electron chi connectivity index (χ0n) is 19.3. The van der Waals surface area contributed by atoms with Crippen LogP contribution in [0, 0.1) is 5.92 Å². The monoisotopic (exact) mass is 520 g/mol. The number of benzene rings is 3. The minimum absolute atomic E-state index is 0.0185. The van der Waals surface area contributed by atoms with Gasteiger partial charge in [-0.1, -0.05) is 54.7 Å². The highest BCUT2D eigenvalue weighted by atomic mass is 35.5. The van der Waals surface area contributed by atoms with Crippen molar-refractivity contribution < 1.29 is 14.3 Å². The van der Waals surface area contributed by atoms with Crippen LogP contribution in [0.25, 0.3) is 0 Å². The van der Waals surface area contributed by atoms with Crippen LogP contribution in [0.5, 0.6) is 11.5 Å². The molecule has 3 aromatic rings. The van der Waals surface area contributed by atoms with E-state index >= 15 is 0 Å². The Kier molecular flexibility index (Phi) is 9.34. The Balaban J connectivity index is 1.69. The molecule has 0 spiro atoms. The summed E-state index contributed by atoms with van der Waals surface area (Å²) in [4.78, 5) is 11.8. The summed E-state index contributed by atoms with van der Waals surface area (Å²) in [5, 5.41) is 7.82. The second-order valence-corrected chi connectivity index (χ2v) is 9.11. The highest BCUT2D eigenvalue weighted by Gasteiger charge is 2.14. The van der Waals surface area contributed by atoms with Crippen LogP contribution < -0.4 is 20.1 Å². The van der Waals surface area contributed by atoms with Gasteiger partial charge in [0, 0.05) is 50.5 Å². The summed E-state index contributed by atoms with van der Waals surface area (Å²) in [6.07, 6.45) is 0. The number of hydrogen-bond acceptors (Lipinski definition) is 4. The van der Waals surface area contributed by atoms with Crippen molar-refractivity contribution in [1.29, 1.82) is 0 Å². The molecule has 3 rings (SSSR count). The van der Waals surface area contributed by atoms with Crippen LogP contribution in [0.3, 0.4) is 0 Å². The fourth-order valence-corrected chi connectivity index (χ4v) is 3.80. The van der Waals surface area contributed by atoms with Crippen LogP contribution in [0.4, 0.5) is 11.4 Å². The maximum Gasteiger partial charge on any atom is 0.226 e. The van der Waals surface area contributed by atoms with Crippen LogP contribution in [0.15, 0.2) is 54.6 Å². The maximum atomic E-state index is 11.8. The highest BCUT2D eigenvalue weighted by molar-refractivity contribution is 6.36. The van der Waals surface area contributed by atoms with Crippen molar-refractivity contribution in [2.75, 3.05) is 17.2 Å². The molecule has 0 saturated heterocycles. The normalized spacial score (nSPS) is 10.8. The van der Waals surface area contributed by atoms with E-state index in [-0.39, 0.29) is 18.4 Å². The van der Waals surface area contributed by atoms with Crippen molar-refractivity contribution in [2.45, 2.75) is 33.9 Å². The van der Waals surface area contributed by atoms with E-state index in [1.165, 1.54) is 0 Å². The van der Waals surface area contributed by atoms with E-state index < -0.39 is 0 Å².